The van der Waals surface area contributed by atoms with Crippen LogP contribution in [-0.4, -0.2) is 34.9 Å². The van der Waals surface area contributed by atoms with E-state index in [0.717, 1.165) is 16.7 Å². The first kappa shape index (κ1) is 25.0. The van der Waals surface area contributed by atoms with Gasteiger partial charge in [0.2, 0.25) is 0 Å². The van der Waals surface area contributed by atoms with Gasteiger partial charge in [-0.2, -0.15) is 0 Å². The van der Waals surface area contributed by atoms with E-state index < -0.39 is 17.7 Å². The molecule has 0 bridgehead atoms. The van der Waals surface area contributed by atoms with Gasteiger partial charge in [0.25, 0.3) is 5.91 Å². The minimum absolute atomic E-state index is 0.0185. The number of aliphatic hydroxyl groups excluding tert-OH is 1. The van der Waals surface area contributed by atoms with Crippen LogP contribution in [0.5, 0.6) is 11.5 Å². The molecular weight excluding hydrogens is 454 g/mol. The van der Waals surface area contributed by atoms with Gasteiger partial charge in [0.05, 0.1) is 31.4 Å². The lowest BCUT2D eigenvalue weighted by Gasteiger charge is -2.27. The molecule has 186 valence electrons. The third kappa shape index (κ3) is 5.43. The molecule has 0 spiro atoms. The van der Waals surface area contributed by atoms with E-state index in [1.165, 1.54) is 4.90 Å². The first-order valence-corrected chi connectivity index (χ1v) is 12.1. The summed E-state index contributed by atoms with van der Waals surface area (Å²) in [5.41, 5.74) is 2.65. The Kier molecular flexibility index (Phi) is 7.74. The first-order chi connectivity index (χ1) is 17.4. The summed E-state index contributed by atoms with van der Waals surface area (Å²) in [7, 11) is 1.57. The van der Waals surface area contributed by atoms with Gasteiger partial charge in [-0.3, -0.25) is 9.59 Å². The standard InChI is InChI=1S/C30H31NO5/c1-20(2)36-24-16-14-22(15-17-24)28-27(25(32)18-13-21-9-5-4-6-10-21)29(33)30(34)31(28)19-23-11-7-8-12-26(23)35-3/h4-12,14-17,20,28,33H,13,18-19H2,1-3H3. The summed E-state index contributed by atoms with van der Waals surface area (Å²) < 4.78 is 11.2. The van der Waals surface area contributed by atoms with Crippen LogP contribution in [-0.2, 0) is 22.6 Å². The van der Waals surface area contributed by atoms with E-state index in [-0.39, 0.29) is 30.4 Å². The molecule has 1 N–H and O–H groups in total. The van der Waals surface area contributed by atoms with Crippen molar-refractivity contribution in [3.05, 3.63) is 107 Å². The molecule has 1 amide bonds. The van der Waals surface area contributed by atoms with Crippen molar-refractivity contribution in [2.75, 3.05) is 7.11 Å². The van der Waals surface area contributed by atoms with Crippen LogP contribution in [0.4, 0.5) is 0 Å². The minimum atomic E-state index is -0.723. The molecule has 1 unspecified atom stereocenters. The highest BCUT2D eigenvalue weighted by Crippen LogP contribution is 2.40. The van der Waals surface area contributed by atoms with Gasteiger partial charge in [0.1, 0.15) is 11.5 Å². The number of rotatable bonds is 10. The summed E-state index contributed by atoms with van der Waals surface area (Å²) in [6.07, 6.45) is 0.722. The van der Waals surface area contributed by atoms with Crippen LogP contribution >= 0.6 is 0 Å². The highest BCUT2D eigenvalue weighted by Gasteiger charge is 2.43. The van der Waals surface area contributed by atoms with Gasteiger partial charge in [0, 0.05) is 12.0 Å². The maximum atomic E-state index is 13.4. The predicted octanol–water partition coefficient (Wildman–Crippen LogP) is 5.58. The van der Waals surface area contributed by atoms with Crippen LogP contribution in [0.1, 0.15) is 43.0 Å². The molecule has 6 nitrogen and oxygen atoms in total. The van der Waals surface area contributed by atoms with E-state index in [2.05, 4.69) is 0 Å². The zero-order valence-corrected chi connectivity index (χ0v) is 20.8. The van der Waals surface area contributed by atoms with Gasteiger partial charge in [-0.15, -0.1) is 0 Å². The fraction of sp³-hybridized carbons (Fsp3) is 0.267. The molecule has 0 radical (unpaired) electrons. The lowest BCUT2D eigenvalue weighted by molar-refractivity contribution is -0.130. The van der Waals surface area contributed by atoms with Gasteiger partial charge in [-0.25, -0.2) is 0 Å². The van der Waals surface area contributed by atoms with E-state index in [9.17, 15) is 14.7 Å². The summed E-state index contributed by atoms with van der Waals surface area (Å²) in [5, 5.41) is 10.9. The Morgan fingerprint density at radius 2 is 1.64 bits per heavy atom. The number of methoxy groups -OCH3 is 1. The summed E-state index contributed by atoms with van der Waals surface area (Å²) in [5.74, 6) is 0.0132. The summed E-state index contributed by atoms with van der Waals surface area (Å²) in [6, 6.07) is 23.7. The Balaban J connectivity index is 1.68. The number of aryl methyl sites for hydroxylation is 1. The van der Waals surface area contributed by atoms with Gasteiger partial charge in [-0.1, -0.05) is 60.7 Å². The second-order valence-corrected chi connectivity index (χ2v) is 9.05. The van der Waals surface area contributed by atoms with Crippen LogP contribution in [0.15, 0.2) is 90.2 Å². The summed E-state index contributed by atoms with van der Waals surface area (Å²) in [6.45, 7) is 4.07. The molecule has 0 aliphatic carbocycles. The molecule has 0 aromatic heterocycles. The van der Waals surface area contributed by atoms with Crippen LogP contribution < -0.4 is 9.47 Å². The number of carbonyl (C=O) groups excluding carboxylic acids is 2. The Hall–Kier alpha value is -4.06. The number of hydrogen-bond donors (Lipinski definition) is 1. The fourth-order valence-electron chi connectivity index (χ4n) is 4.50. The molecule has 0 fully saturated rings. The van der Waals surface area contributed by atoms with Gasteiger partial charge in [0.15, 0.2) is 11.5 Å². The second kappa shape index (κ2) is 11.1. The number of amides is 1. The number of para-hydroxylation sites is 1. The van der Waals surface area contributed by atoms with Crippen molar-refractivity contribution in [2.24, 2.45) is 0 Å². The van der Waals surface area contributed by atoms with E-state index in [0.29, 0.717) is 17.9 Å². The summed E-state index contributed by atoms with van der Waals surface area (Å²) >= 11 is 0. The molecule has 6 heteroatoms. The maximum Gasteiger partial charge on any atom is 0.290 e. The maximum absolute atomic E-state index is 13.4. The molecule has 1 heterocycles. The van der Waals surface area contributed by atoms with E-state index in [1.807, 2.05) is 92.7 Å². The van der Waals surface area contributed by atoms with Crippen molar-refractivity contribution < 1.29 is 24.2 Å². The highest BCUT2D eigenvalue weighted by molar-refractivity contribution is 6.09. The quantitative estimate of drug-likeness (QED) is 0.406. The SMILES string of the molecule is COc1ccccc1CN1C(=O)C(O)=C(C(=O)CCc2ccccc2)C1c1ccc(OC(C)C)cc1. The van der Waals surface area contributed by atoms with Crippen molar-refractivity contribution in [1.82, 2.24) is 4.90 Å². The lowest BCUT2D eigenvalue weighted by Crippen LogP contribution is -2.31. The normalized spacial score (nSPS) is 15.5. The Bertz CT molecular complexity index is 1250. The Labute approximate surface area is 211 Å². The average Bonchev–Trinajstić information content (AvgIpc) is 3.13. The van der Waals surface area contributed by atoms with E-state index in [1.54, 1.807) is 7.11 Å². The second-order valence-electron chi connectivity index (χ2n) is 9.05. The van der Waals surface area contributed by atoms with Crippen LogP contribution in [0.25, 0.3) is 0 Å². The van der Waals surface area contributed by atoms with Crippen molar-refractivity contribution in [3.8, 4) is 11.5 Å². The number of hydrogen-bond acceptors (Lipinski definition) is 5. The van der Waals surface area contributed by atoms with Gasteiger partial charge in [-0.05, 0) is 49.6 Å². The zero-order chi connectivity index (χ0) is 25.7. The average molecular weight is 486 g/mol. The molecule has 1 aliphatic heterocycles. The Morgan fingerprint density at radius 3 is 2.31 bits per heavy atom. The van der Waals surface area contributed by atoms with Crippen LogP contribution in [0.3, 0.4) is 0 Å². The van der Waals surface area contributed by atoms with E-state index >= 15 is 0 Å². The summed E-state index contributed by atoms with van der Waals surface area (Å²) in [4.78, 5) is 28.3. The number of Topliss-reactive ketones (excluding diaryl/α,β-unsaturated/α-hetero) is 1. The molecule has 0 saturated carbocycles. The van der Waals surface area contributed by atoms with Crippen molar-refractivity contribution in [3.63, 3.8) is 0 Å². The fourth-order valence-corrected chi connectivity index (χ4v) is 4.50. The monoisotopic (exact) mass is 485 g/mol. The van der Waals surface area contributed by atoms with Crippen molar-refractivity contribution in [1.29, 1.82) is 0 Å². The minimum Gasteiger partial charge on any atom is -0.503 e. The van der Waals surface area contributed by atoms with Crippen LogP contribution in [0, 0.1) is 0 Å². The number of nitrogens with zero attached hydrogens (tertiary/aromatic N) is 1. The largest absolute Gasteiger partial charge is 0.503 e. The smallest absolute Gasteiger partial charge is 0.290 e. The number of aliphatic hydroxyl groups is 1. The molecule has 1 aliphatic rings. The third-order valence-corrected chi connectivity index (χ3v) is 6.19. The predicted molar refractivity (Wildman–Crippen MR) is 138 cm³/mol. The Morgan fingerprint density at radius 1 is 0.972 bits per heavy atom. The molecular formula is C30H31NO5. The highest BCUT2D eigenvalue weighted by atomic mass is 16.5. The zero-order valence-electron chi connectivity index (χ0n) is 20.8. The lowest BCUT2D eigenvalue weighted by atomic mass is 9.93. The third-order valence-electron chi connectivity index (χ3n) is 6.19. The molecule has 36 heavy (non-hydrogen) atoms. The van der Waals surface area contributed by atoms with Crippen molar-refractivity contribution in [2.45, 2.75) is 45.4 Å². The van der Waals surface area contributed by atoms with Crippen molar-refractivity contribution >= 4 is 11.7 Å². The molecule has 0 saturated heterocycles. The van der Waals surface area contributed by atoms with E-state index in [4.69, 9.17) is 9.47 Å². The van der Waals surface area contributed by atoms with Gasteiger partial charge < -0.3 is 19.5 Å². The van der Waals surface area contributed by atoms with Crippen LogP contribution in [0.2, 0.25) is 0 Å². The molecule has 3 aromatic rings. The molecule has 1 atom stereocenters. The topological polar surface area (TPSA) is 76.1 Å². The number of benzene rings is 3. The number of ether oxygens (including phenoxy) is 2. The van der Waals surface area contributed by atoms with Gasteiger partial charge >= 0.3 is 0 Å². The number of carbonyl (C=O) groups is 2. The molecule has 4 rings (SSSR count). The number of ketones is 1. The first-order valence-electron chi connectivity index (χ1n) is 12.1. The molecule has 3 aromatic carbocycles.